The van der Waals surface area contributed by atoms with Crippen molar-refractivity contribution in [3.05, 3.63) is 41.9 Å². The maximum absolute atomic E-state index is 12.4. The zero-order valence-electron chi connectivity index (χ0n) is 18.5. The van der Waals surface area contributed by atoms with Crippen LogP contribution in [0.15, 0.2) is 34.9 Å². The Hall–Kier alpha value is -2.14. The van der Waals surface area contributed by atoms with Gasteiger partial charge in [-0.3, -0.25) is 9.69 Å². The molecule has 29 heavy (non-hydrogen) atoms. The zero-order valence-corrected chi connectivity index (χ0v) is 18.5. The van der Waals surface area contributed by atoms with Gasteiger partial charge in [0.15, 0.2) is 11.7 Å². The third-order valence-electron chi connectivity index (χ3n) is 5.90. The van der Waals surface area contributed by atoms with Gasteiger partial charge in [0.1, 0.15) is 0 Å². The second kappa shape index (κ2) is 9.12. The van der Waals surface area contributed by atoms with Crippen molar-refractivity contribution in [3.63, 3.8) is 0 Å². The zero-order chi connectivity index (χ0) is 21.0. The minimum absolute atomic E-state index is 0.0415. The Labute approximate surface area is 174 Å². The van der Waals surface area contributed by atoms with Crippen molar-refractivity contribution < 1.29 is 9.21 Å². The normalized spacial score (nSPS) is 20.6. The van der Waals surface area contributed by atoms with Crippen molar-refractivity contribution in [1.29, 1.82) is 0 Å². The van der Waals surface area contributed by atoms with Crippen LogP contribution in [0, 0.1) is 18.8 Å². The van der Waals surface area contributed by atoms with E-state index in [1.54, 1.807) is 6.20 Å². The topological polar surface area (TPSA) is 58.4 Å². The molecule has 2 unspecified atom stereocenters. The summed E-state index contributed by atoms with van der Waals surface area (Å²) >= 11 is 0. The van der Waals surface area contributed by atoms with Crippen molar-refractivity contribution >= 4 is 5.91 Å². The van der Waals surface area contributed by atoms with Crippen molar-refractivity contribution in [3.8, 4) is 11.3 Å². The third kappa shape index (κ3) is 5.92. The van der Waals surface area contributed by atoms with Crippen LogP contribution in [-0.2, 0) is 11.2 Å². The number of aromatic nitrogens is 1. The fourth-order valence-corrected chi connectivity index (χ4v) is 4.17. The predicted octanol–water partition coefficient (Wildman–Crippen LogP) is 4.46. The number of piperidine rings is 1. The molecule has 0 aliphatic carbocycles. The Bertz CT molecular complexity index is 800. The smallest absolute Gasteiger partial charge is 0.220 e. The number of carbonyl (C=O) groups excluding carboxylic acids is 1. The average molecular weight is 398 g/mol. The van der Waals surface area contributed by atoms with Gasteiger partial charge < -0.3 is 9.73 Å². The SMILES string of the molecule is Cc1ccc(-c2cnc(CCC(=O)NCC(C)(C)N3CC(C)CC(C)C3)o2)cc1. The van der Waals surface area contributed by atoms with Gasteiger partial charge in [0.2, 0.25) is 5.91 Å². The first-order valence-electron chi connectivity index (χ1n) is 10.8. The van der Waals surface area contributed by atoms with E-state index in [1.165, 1.54) is 12.0 Å². The molecule has 158 valence electrons. The molecule has 5 heteroatoms. The molecule has 0 radical (unpaired) electrons. The van der Waals surface area contributed by atoms with Crippen LogP contribution >= 0.6 is 0 Å². The Morgan fingerprint density at radius 3 is 2.52 bits per heavy atom. The van der Waals surface area contributed by atoms with Crippen LogP contribution in [-0.4, -0.2) is 41.0 Å². The van der Waals surface area contributed by atoms with Crippen LogP contribution in [0.2, 0.25) is 0 Å². The van der Waals surface area contributed by atoms with Gasteiger partial charge in [-0.1, -0.05) is 43.7 Å². The van der Waals surface area contributed by atoms with E-state index < -0.39 is 0 Å². The van der Waals surface area contributed by atoms with Crippen molar-refractivity contribution in [2.75, 3.05) is 19.6 Å². The number of rotatable bonds is 7. The molecule has 0 spiro atoms. The lowest BCUT2D eigenvalue weighted by atomic mass is 9.88. The van der Waals surface area contributed by atoms with E-state index in [2.05, 4.69) is 62.0 Å². The lowest BCUT2D eigenvalue weighted by Gasteiger charge is -2.45. The number of hydrogen-bond acceptors (Lipinski definition) is 4. The van der Waals surface area contributed by atoms with E-state index in [1.807, 2.05) is 12.1 Å². The van der Waals surface area contributed by atoms with Gasteiger partial charge in [0.25, 0.3) is 0 Å². The molecule has 1 aromatic heterocycles. The molecule has 1 N–H and O–H groups in total. The quantitative estimate of drug-likeness (QED) is 0.750. The van der Waals surface area contributed by atoms with E-state index in [0.717, 1.165) is 24.4 Å². The van der Waals surface area contributed by atoms with Crippen molar-refractivity contribution in [2.24, 2.45) is 11.8 Å². The highest BCUT2D eigenvalue weighted by atomic mass is 16.4. The summed E-state index contributed by atoms with van der Waals surface area (Å²) in [6.45, 7) is 14.0. The molecule has 1 aliphatic heterocycles. The number of carbonyl (C=O) groups is 1. The highest BCUT2D eigenvalue weighted by Gasteiger charge is 2.32. The van der Waals surface area contributed by atoms with Gasteiger partial charge in [-0.05, 0) is 39.0 Å². The van der Waals surface area contributed by atoms with Crippen LogP contribution in [0.25, 0.3) is 11.3 Å². The standard InChI is InChI=1S/C24H35N3O2/c1-17-6-8-20(9-7-17)21-13-25-23(29-21)11-10-22(28)26-16-24(4,5)27-14-18(2)12-19(3)15-27/h6-9,13,18-19H,10-12,14-16H2,1-5H3,(H,26,28). The fraction of sp³-hybridized carbons (Fsp3) is 0.583. The summed E-state index contributed by atoms with van der Waals surface area (Å²) < 4.78 is 5.82. The molecule has 1 fully saturated rings. The van der Waals surface area contributed by atoms with Crippen LogP contribution in [0.3, 0.4) is 0 Å². The lowest BCUT2D eigenvalue weighted by Crippen LogP contribution is -2.56. The summed E-state index contributed by atoms with van der Waals surface area (Å²) in [5, 5.41) is 3.11. The third-order valence-corrected chi connectivity index (χ3v) is 5.90. The summed E-state index contributed by atoms with van der Waals surface area (Å²) in [6.07, 6.45) is 3.92. The summed E-state index contributed by atoms with van der Waals surface area (Å²) in [7, 11) is 0. The maximum atomic E-state index is 12.4. The van der Waals surface area contributed by atoms with Crippen LogP contribution in [0.4, 0.5) is 0 Å². The monoisotopic (exact) mass is 397 g/mol. The summed E-state index contributed by atoms with van der Waals surface area (Å²) in [6, 6.07) is 8.15. The van der Waals surface area contributed by atoms with E-state index in [4.69, 9.17) is 4.42 Å². The predicted molar refractivity (Wildman–Crippen MR) is 117 cm³/mol. The molecule has 1 aromatic carbocycles. The van der Waals surface area contributed by atoms with Crippen molar-refractivity contribution in [1.82, 2.24) is 15.2 Å². The first-order valence-corrected chi connectivity index (χ1v) is 10.8. The minimum Gasteiger partial charge on any atom is -0.441 e. The van der Waals surface area contributed by atoms with Crippen LogP contribution in [0.5, 0.6) is 0 Å². The Morgan fingerprint density at radius 1 is 1.21 bits per heavy atom. The number of nitrogens with one attached hydrogen (secondary N) is 1. The van der Waals surface area contributed by atoms with Crippen LogP contribution < -0.4 is 5.32 Å². The first-order chi connectivity index (χ1) is 13.7. The number of amides is 1. The number of aryl methyl sites for hydroxylation is 2. The molecule has 5 nitrogen and oxygen atoms in total. The molecule has 2 aromatic rings. The summed E-state index contributed by atoms with van der Waals surface area (Å²) in [5.41, 5.74) is 2.17. The second-order valence-electron chi connectivity index (χ2n) is 9.42. The van der Waals surface area contributed by atoms with Gasteiger partial charge in [0.05, 0.1) is 6.20 Å². The molecule has 2 atom stereocenters. The largest absolute Gasteiger partial charge is 0.441 e. The summed E-state index contributed by atoms with van der Waals surface area (Å²) in [5.74, 6) is 2.82. The molecule has 1 amide bonds. The number of nitrogens with zero attached hydrogens (tertiary/aromatic N) is 2. The molecular weight excluding hydrogens is 362 g/mol. The lowest BCUT2D eigenvalue weighted by molar-refractivity contribution is -0.121. The summed E-state index contributed by atoms with van der Waals surface area (Å²) in [4.78, 5) is 19.2. The van der Waals surface area contributed by atoms with E-state index in [9.17, 15) is 4.79 Å². The Balaban J connectivity index is 1.47. The number of benzene rings is 1. The van der Waals surface area contributed by atoms with E-state index in [0.29, 0.717) is 37.1 Å². The molecule has 3 rings (SSSR count). The van der Waals surface area contributed by atoms with Gasteiger partial charge >= 0.3 is 0 Å². The second-order valence-corrected chi connectivity index (χ2v) is 9.42. The number of hydrogen-bond donors (Lipinski definition) is 1. The van der Waals surface area contributed by atoms with Gasteiger partial charge in [-0.25, -0.2) is 4.98 Å². The molecule has 1 saturated heterocycles. The maximum Gasteiger partial charge on any atom is 0.220 e. The van der Waals surface area contributed by atoms with Gasteiger partial charge in [0, 0.05) is 43.6 Å². The minimum atomic E-state index is -0.0415. The van der Waals surface area contributed by atoms with Crippen LogP contribution in [0.1, 0.15) is 52.0 Å². The molecule has 1 aliphatic rings. The fourth-order valence-electron chi connectivity index (χ4n) is 4.17. The highest BCUT2D eigenvalue weighted by molar-refractivity contribution is 5.76. The molecular formula is C24H35N3O2. The number of oxazole rings is 1. The van der Waals surface area contributed by atoms with Gasteiger partial charge in [-0.2, -0.15) is 0 Å². The van der Waals surface area contributed by atoms with E-state index in [-0.39, 0.29) is 11.4 Å². The molecule has 2 heterocycles. The van der Waals surface area contributed by atoms with E-state index >= 15 is 0 Å². The highest BCUT2D eigenvalue weighted by Crippen LogP contribution is 2.27. The number of likely N-dealkylation sites (tertiary alicyclic amines) is 1. The molecule has 0 saturated carbocycles. The first kappa shape index (κ1) is 21.6. The van der Waals surface area contributed by atoms with Crippen molar-refractivity contribution in [2.45, 2.75) is 59.4 Å². The Kier molecular flexibility index (Phi) is 6.78. The average Bonchev–Trinajstić information content (AvgIpc) is 3.13. The molecule has 0 bridgehead atoms. The Morgan fingerprint density at radius 2 is 1.86 bits per heavy atom. The van der Waals surface area contributed by atoms with Gasteiger partial charge in [-0.15, -0.1) is 0 Å².